The molecule has 3 aromatic rings. The molecule has 0 unspecified atom stereocenters. The van der Waals surface area contributed by atoms with E-state index in [1.807, 2.05) is 13.8 Å². The number of hydrogen-bond donors (Lipinski definition) is 2. The van der Waals surface area contributed by atoms with Crippen molar-refractivity contribution in [1.82, 2.24) is 9.71 Å². The Balaban J connectivity index is 2.00. The molecule has 0 radical (unpaired) electrons. The van der Waals surface area contributed by atoms with E-state index in [4.69, 9.17) is 4.74 Å². The number of halogens is 1. The minimum Gasteiger partial charge on any atom is -0.496 e. The predicted molar refractivity (Wildman–Crippen MR) is 129 cm³/mol. The van der Waals surface area contributed by atoms with Crippen molar-refractivity contribution in [3.8, 4) is 16.9 Å². The second-order valence-electron chi connectivity index (χ2n) is 8.67. The number of aliphatic hydroxyl groups is 1. The highest BCUT2D eigenvalue weighted by atomic mass is 32.2. The van der Waals surface area contributed by atoms with Gasteiger partial charge in [0.15, 0.2) is 0 Å². The summed E-state index contributed by atoms with van der Waals surface area (Å²) in [4.78, 5) is 17.0. The molecular formula is C24H27FN2O5S2. The van der Waals surface area contributed by atoms with Crippen LogP contribution in [-0.4, -0.2) is 31.5 Å². The second kappa shape index (κ2) is 9.81. The molecule has 2 aromatic heterocycles. The number of nitrogens with one attached hydrogen (secondary N) is 1. The van der Waals surface area contributed by atoms with Crippen molar-refractivity contribution >= 4 is 27.3 Å². The number of hydrogen-bond acceptors (Lipinski definition) is 7. The summed E-state index contributed by atoms with van der Waals surface area (Å²) in [5.74, 6) is -0.944. The monoisotopic (exact) mass is 506 g/mol. The van der Waals surface area contributed by atoms with Crippen LogP contribution < -0.4 is 9.46 Å². The zero-order valence-corrected chi connectivity index (χ0v) is 21.2. The molecule has 7 nitrogen and oxygen atoms in total. The number of benzene rings is 1. The summed E-state index contributed by atoms with van der Waals surface area (Å²) in [5.41, 5.74) is 1.17. The number of thiophene rings is 1. The molecule has 2 heterocycles. The summed E-state index contributed by atoms with van der Waals surface area (Å²) in [7, 11) is -2.68. The molecule has 0 aliphatic rings. The number of aromatic nitrogens is 1. The van der Waals surface area contributed by atoms with Crippen LogP contribution in [0.2, 0.25) is 0 Å². The van der Waals surface area contributed by atoms with Gasteiger partial charge >= 0.3 is 0 Å². The van der Waals surface area contributed by atoms with Crippen molar-refractivity contribution in [3.63, 3.8) is 0 Å². The molecule has 0 fully saturated rings. The maximum atomic E-state index is 14.5. The van der Waals surface area contributed by atoms with E-state index in [9.17, 15) is 22.7 Å². The molecule has 10 heteroatoms. The van der Waals surface area contributed by atoms with Crippen LogP contribution in [-0.2, 0) is 26.8 Å². The van der Waals surface area contributed by atoms with Gasteiger partial charge in [0.05, 0.1) is 19.1 Å². The second-order valence-corrected chi connectivity index (χ2v) is 11.5. The summed E-state index contributed by atoms with van der Waals surface area (Å²) < 4.78 is 47.6. The average Bonchev–Trinajstić information content (AvgIpc) is 3.26. The quantitative estimate of drug-likeness (QED) is 0.470. The lowest BCUT2D eigenvalue weighted by Crippen LogP contribution is -2.32. The van der Waals surface area contributed by atoms with Gasteiger partial charge in [0.25, 0.3) is 10.0 Å². The molecule has 0 aliphatic heterocycles. The van der Waals surface area contributed by atoms with Crippen molar-refractivity contribution in [2.45, 2.75) is 49.8 Å². The lowest BCUT2D eigenvalue weighted by atomic mass is 9.88. The first-order chi connectivity index (χ1) is 15.8. The Kier molecular flexibility index (Phi) is 7.44. The molecular weight excluding hydrogens is 479 g/mol. The van der Waals surface area contributed by atoms with Gasteiger partial charge < -0.3 is 9.84 Å². The Bertz CT molecular complexity index is 1310. The number of ether oxygens (including phenoxy) is 1. The van der Waals surface area contributed by atoms with Crippen LogP contribution in [0.15, 0.2) is 46.2 Å². The van der Waals surface area contributed by atoms with E-state index in [0.29, 0.717) is 33.6 Å². The molecule has 1 amide bonds. The molecule has 1 aromatic carbocycles. The summed E-state index contributed by atoms with van der Waals surface area (Å²) in [5, 5.41) is 11.6. The molecule has 0 bridgehead atoms. The Morgan fingerprint density at radius 3 is 2.56 bits per heavy atom. The van der Waals surface area contributed by atoms with E-state index in [2.05, 4.69) is 9.71 Å². The molecule has 0 atom stereocenters. The molecule has 2 N–H and O–H groups in total. The number of methoxy groups -OCH3 is 1. The number of sulfonamides is 1. The fourth-order valence-corrected chi connectivity index (χ4v) is 5.87. The Morgan fingerprint density at radius 1 is 1.26 bits per heavy atom. The molecule has 0 saturated carbocycles. The molecule has 0 saturated heterocycles. The van der Waals surface area contributed by atoms with E-state index in [1.54, 1.807) is 19.9 Å². The zero-order valence-electron chi connectivity index (χ0n) is 19.5. The van der Waals surface area contributed by atoms with Gasteiger partial charge in [0.1, 0.15) is 15.8 Å². The minimum atomic E-state index is -4.15. The summed E-state index contributed by atoms with van der Waals surface area (Å²) in [6.45, 7) is 6.81. The third kappa shape index (κ3) is 5.63. The van der Waals surface area contributed by atoms with E-state index in [1.165, 1.54) is 43.1 Å². The number of rotatable bonds is 8. The van der Waals surface area contributed by atoms with Crippen molar-refractivity contribution in [1.29, 1.82) is 0 Å². The molecule has 3 rings (SSSR count). The molecule has 182 valence electrons. The van der Waals surface area contributed by atoms with Gasteiger partial charge in [0, 0.05) is 18.0 Å². The molecule has 34 heavy (non-hydrogen) atoms. The van der Waals surface area contributed by atoms with Crippen molar-refractivity contribution in [2.75, 3.05) is 7.11 Å². The van der Waals surface area contributed by atoms with Crippen LogP contribution in [0.3, 0.4) is 0 Å². The number of nitrogens with zero attached hydrogens (tertiary/aromatic N) is 1. The predicted octanol–water partition coefficient (Wildman–Crippen LogP) is 4.36. The van der Waals surface area contributed by atoms with Crippen molar-refractivity contribution in [2.24, 2.45) is 0 Å². The van der Waals surface area contributed by atoms with Crippen LogP contribution in [0.4, 0.5) is 4.39 Å². The zero-order chi connectivity index (χ0) is 25.3. The summed E-state index contributed by atoms with van der Waals surface area (Å²) in [6, 6.07) is 5.60. The summed E-state index contributed by atoms with van der Waals surface area (Å²) in [6.07, 6.45) is 2.75. The lowest BCUT2D eigenvalue weighted by Gasteiger charge is -2.19. The standard InChI is InChI=1S/C24H27FN2O5S2/c1-14(2)17-9-16(25)10-18(20-12-26-7-6-21(20)32-5)19(17)11-22(28)27-34(30,31)23-8-15(13-33-23)24(3,4)29/h6-10,12-14,29H,11H2,1-5H3,(H,27,28). The maximum absolute atomic E-state index is 14.5. The van der Waals surface area contributed by atoms with Gasteiger partial charge in [-0.15, -0.1) is 11.3 Å². The van der Waals surface area contributed by atoms with Crippen LogP contribution >= 0.6 is 11.3 Å². The van der Waals surface area contributed by atoms with E-state index in [0.717, 1.165) is 11.3 Å². The normalized spacial score (nSPS) is 12.1. The molecule has 0 spiro atoms. The van der Waals surface area contributed by atoms with E-state index < -0.39 is 27.3 Å². The van der Waals surface area contributed by atoms with Gasteiger partial charge in [-0.3, -0.25) is 9.78 Å². The number of carbonyl (C=O) groups is 1. The topological polar surface area (TPSA) is 106 Å². The first-order valence-corrected chi connectivity index (χ1v) is 12.9. The number of pyridine rings is 1. The SMILES string of the molecule is COc1ccncc1-c1cc(F)cc(C(C)C)c1CC(=O)NS(=O)(=O)c1cc(C(C)(C)O)cs1. The average molecular weight is 507 g/mol. The van der Waals surface area contributed by atoms with Gasteiger partial charge in [-0.05, 0) is 71.7 Å². The van der Waals surface area contributed by atoms with Crippen LogP contribution in [0.1, 0.15) is 50.3 Å². The van der Waals surface area contributed by atoms with Crippen LogP contribution in [0.5, 0.6) is 5.75 Å². The first-order valence-electron chi connectivity index (χ1n) is 10.5. The highest BCUT2D eigenvalue weighted by Gasteiger charge is 2.26. The minimum absolute atomic E-state index is 0.0877. The summed E-state index contributed by atoms with van der Waals surface area (Å²) >= 11 is 0.910. The third-order valence-electron chi connectivity index (χ3n) is 5.29. The van der Waals surface area contributed by atoms with E-state index in [-0.39, 0.29) is 16.5 Å². The van der Waals surface area contributed by atoms with Gasteiger partial charge in [-0.25, -0.2) is 17.5 Å². The largest absolute Gasteiger partial charge is 0.496 e. The number of amides is 1. The number of carbonyl (C=O) groups excluding carboxylic acids is 1. The van der Waals surface area contributed by atoms with Crippen LogP contribution in [0.25, 0.3) is 11.1 Å². The maximum Gasteiger partial charge on any atom is 0.273 e. The first kappa shape index (κ1) is 25.8. The van der Waals surface area contributed by atoms with Crippen molar-refractivity contribution in [3.05, 3.63) is 64.5 Å². The fraction of sp³-hybridized carbons (Fsp3) is 0.333. The smallest absolute Gasteiger partial charge is 0.273 e. The highest BCUT2D eigenvalue weighted by Crippen LogP contribution is 2.36. The Labute approximate surface area is 202 Å². The highest BCUT2D eigenvalue weighted by molar-refractivity contribution is 7.92. The van der Waals surface area contributed by atoms with Gasteiger partial charge in [0.2, 0.25) is 5.91 Å². The van der Waals surface area contributed by atoms with E-state index >= 15 is 0 Å². The van der Waals surface area contributed by atoms with Crippen LogP contribution in [0, 0.1) is 5.82 Å². The lowest BCUT2D eigenvalue weighted by molar-refractivity contribution is -0.118. The third-order valence-corrected chi connectivity index (χ3v) is 8.11. The van der Waals surface area contributed by atoms with Gasteiger partial charge in [-0.1, -0.05) is 13.8 Å². The fourth-order valence-electron chi connectivity index (χ4n) is 3.55. The molecule has 0 aliphatic carbocycles. The Hall–Kier alpha value is -2.82. The van der Waals surface area contributed by atoms with Crippen molar-refractivity contribution < 1.29 is 27.4 Å². The van der Waals surface area contributed by atoms with Gasteiger partial charge in [-0.2, -0.15) is 0 Å². The Morgan fingerprint density at radius 2 is 1.97 bits per heavy atom.